The molecule has 2 aromatic rings. The van der Waals surface area contributed by atoms with Crippen molar-refractivity contribution in [1.82, 2.24) is 4.98 Å². The summed E-state index contributed by atoms with van der Waals surface area (Å²) in [5.74, 6) is 0. The highest BCUT2D eigenvalue weighted by molar-refractivity contribution is 7.18. The van der Waals surface area contributed by atoms with Crippen LogP contribution >= 0.6 is 11.3 Å². The summed E-state index contributed by atoms with van der Waals surface area (Å²) in [5, 5.41) is 4.62. The summed E-state index contributed by atoms with van der Waals surface area (Å²) >= 11 is 1.74. The number of aryl methyl sites for hydroxylation is 1. The Hall–Kier alpha value is -1.13. The zero-order valence-electron chi connectivity index (χ0n) is 9.23. The van der Waals surface area contributed by atoms with Gasteiger partial charge in [0, 0.05) is 17.8 Å². The molecule has 1 aliphatic carbocycles. The maximum absolute atomic E-state index is 5.77. The van der Waals surface area contributed by atoms with Crippen molar-refractivity contribution in [2.45, 2.75) is 31.8 Å². The third-order valence-electron chi connectivity index (χ3n) is 3.04. The van der Waals surface area contributed by atoms with Gasteiger partial charge in [-0.2, -0.15) is 0 Å². The molecular weight excluding hydrogens is 218 g/mol. The molecule has 0 spiro atoms. The molecule has 0 amide bonds. The maximum atomic E-state index is 5.77. The average molecular weight is 233 g/mol. The molecule has 1 aromatic heterocycles. The molecule has 3 N–H and O–H groups in total. The predicted molar refractivity (Wildman–Crippen MR) is 69.0 cm³/mol. The highest BCUT2D eigenvalue weighted by Crippen LogP contribution is 2.27. The molecule has 0 saturated heterocycles. The first kappa shape index (κ1) is 10.1. The molecule has 3 nitrogen and oxygen atoms in total. The van der Waals surface area contributed by atoms with Gasteiger partial charge in [-0.3, -0.25) is 0 Å². The second-order valence-corrected chi connectivity index (χ2v) is 5.72. The first-order valence-corrected chi connectivity index (χ1v) is 6.41. The van der Waals surface area contributed by atoms with Crippen molar-refractivity contribution >= 4 is 27.2 Å². The van der Waals surface area contributed by atoms with Crippen molar-refractivity contribution in [3.63, 3.8) is 0 Å². The van der Waals surface area contributed by atoms with Gasteiger partial charge in [-0.1, -0.05) is 0 Å². The summed E-state index contributed by atoms with van der Waals surface area (Å²) in [4.78, 5) is 4.49. The minimum Gasteiger partial charge on any atom is -0.382 e. The van der Waals surface area contributed by atoms with E-state index in [1.54, 1.807) is 11.3 Å². The first-order valence-electron chi connectivity index (χ1n) is 5.60. The number of hydrogen-bond acceptors (Lipinski definition) is 4. The fourth-order valence-corrected chi connectivity index (χ4v) is 2.96. The summed E-state index contributed by atoms with van der Waals surface area (Å²) in [6, 6.07) is 7.34. The number of benzene rings is 1. The average Bonchev–Trinajstić information content (AvgIpc) is 2.55. The summed E-state index contributed by atoms with van der Waals surface area (Å²) in [5.41, 5.74) is 8.02. The van der Waals surface area contributed by atoms with Crippen LogP contribution in [0.5, 0.6) is 0 Å². The van der Waals surface area contributed by atoms with E-state index in [1.165, 1.54) is 4.70 Å². The van der Waals surface area contributed by atoms with Gasteiger partial charge in [0.25, 0.3) is 0 Å². The van der Waals surface area contributed by atoms with Gasteiger partial charge in [-0.05, 0) is 38.0 Å². The largest absolute Gasteiger partial charge is 0.382 e. The molecule has 1 saturated carbocycles. The topological polar surface area (TPSA) is 50.9 Å². The Labute approximate surface area is 98.7 Å². The smallest absolute Gasteiger partial charge is 0.0907 e. The minimum atomic E-state index is 0.391. The van der Waals surface area contributed by atoms with E-state index < -0.39 is 0 Å². The monoisotopic (exact) mass is 233 g/mol. The van der Waals surface area contributed by atoms with Crippen molar-refractivity contribution in [2.75, 3.05) is 5.32 Å². The zero-order chi connectivity index (χ0) is 11.1. The van der Waals surface area contributed by atoms with E-state index in [2.05, 4.69) is 28.5 Å². The highest BCUT2D eigenvalue weighted by Gasteiger charge is 2.25. The summed E-state index contributed by atoms with van der Waals surface area (Å²) in [6.45, 7) is 2.04. The molecular formula is C12H15N3S. The third-order valence-corrected chi connectivity index (χ3v) is 3.99. The van der Waals surface area contributed by atoms with Gasteiger partial charge in [-0.25, -0.2) is 4.98 Å². The summed E-state index contributed by atoms with van der Waals surface area (Å²) in [7, 11) is 0. The SMILES string of the molecule is Cc1nc2cc(NC3CC(N)C3)ccc2s1. The number of nitrogens with two attached hydrogens (primary N) is 1. The van der Waals surface area contributed by atoms with Crippen LogP contribution in [0.2, 0.25) is 0 Å². The molecule has 0 unspecified atom stereocenters. The highest BCUT2D eigenvalue weighted by atomic mass is 32.1. The van der Waals surface area contributed by atoms with Gasteiger partial charge in [-0.15, -0.1) is 11.3 Å². The lowest BCUT2D eigenvalue weighted by atomic mass is 9.87. The van der Waals surface area contributed by atoms with Gasteiger partial charge >= 0.3 is 0 Å². The van der Waals surface area contributed by atoms with Crippen LogP contribution in [0.3, 0.4) is 0 Å². The fourth-order valence-electron chi connectivity index (χ4n) is 2.15. The lowest BCUT2D eigenvalue weighted by molar-refractivity contribution is 0.374. The van der Waals surface area contributed by atoms with Crippen LogP contribution in [-0.2, 0) is 0 Å². The first-order chi connectivity index (χ1) is 7.70. The van der Waals surface area contributed by atoms with Crippen LogP contribution < -0.4 is 11.1 Å². The van der Waals surface area contributed by atoms with Crippen LogP contribution in [0.4, 0.5) is 5.69 Å². The number of nitrogens with zero attached hydrogens (tertiary/aromatic N) is 1. The molecule has 84 valence electrons. The summed E-state index contributed by atoms with van der Waals surface area (Å²) in [6.07, 6.45) is 2.16. The molecule has 16 heavy (non-hydrogen) atoms. The van der Waals surface area contributed by atoms with Crippen LogP contribution in [0.1, 0.15) is 17.8 Å². The van der Waals surface area contributed by atoms with Gasteiger partial charge in [0.15, 0.2) is 0 Å². The molecule has 0 aliphatic heterocycles. The second-order valence-electron chi connectivity index (χ2n) is 4.49. The van der Waals surface area contributed by atoms with Crippen LogP contribution in [0, 0.1) is 6.92 Å². The van der Waals surface area contributed by atoms with Crippen molar-refractivity contribution in [3.8, 4) is 0 Å². The van der Waals surface area contributed by atoms with Crippen LogP contribution in [0.15, 0.2) is 18.2 Å². The van der Waals surface area contributed by atoms with Crippen LogP contribution in [-0.4, -0.2) is 17.1 Å². The Morgan fingerprint density at radius 2 is 2.25 bits per heavy atom. The Bertz CT molecular complexity index is 514. The molecule has 1 aromatic carbocycles. The lowest BCUT2D eigenvalue weighted by Crippen LogP contribution is -2.44. The van der Waals surface area contributed by atoms with Crippen LogP contribution in [0.25, 0.3) is 10.2 Å². The molecule has 0 bridgehead atoms. The normalized spacial score (nSPS) is 24.4. The van der Waals surface area contributed by atoms with Crippen molar-refractivity contribution < 1.29 is 0 Å². The van der Waals surface area contributed by atoms with Crippen molar-refractivity contribution in [1.29, 1.82) is 0 Å². The number of hydrogen-bond donors (Lipinski definition) is 2. The van der Waals surface area contributed by atoms with Crippen molar-refractivity contribution in [3.05, 3.63) is 23.2 Å². The molecule has 4 heteroatoms. The molecule has 1 heterocycles. The minimum absolute atomic E-state index is 0.391. The Morgan fingerprint density at radius 3 is 3.00 bits per heavy atom. The number of thiazole rings is 1. The number of anilines is 1. The molecule has 3 rings (SSSR count). The van der Waals surface area contributed by atoms with Gasteiger partial charge in [0.1, 0.15) is 0 Å². The standard InChI is InChI=1S/C12H15N3S/c1-7-14-11-6-9(2-3-12(11)16-7)15-10-4-8(13)5-10/h2-3,6,8,10,15H,4-5,13H2,1H3. The Morgan fingerprint density at radius 1 is 1.44 bits per heavy atom. The van der Waals surface area contributed by atoms with E-state index in [0.29, 0.717) is 12.1 Å². The number of nitrogens with one attached hydrogen (secondary N) is 1. The zero-order valence-corrected chi connectivity index (χ0v) is 10.1. The van der Waals surface area contributed by atoms with E-state index in [1.807, 2.05) is 6.92 Å². The molecule has 0 radical (unpaired) electrons. The van der Waals surface area contributed by atoms with Gasteiger partial charge in [0.05, 0.1) is 15.2 Å². The fraction of sp³-hybridized carbons (Fsp3) is 0.417. The quantitative estimate of drug-likeness (QED) is 0.838. The van der Waals surface area contributed by atoms with E-state index >= 15 is 0 Å². The van der Waals surface area contributed by atoms with Crippen molar-refractivity contribution in [2.24, 2.45) is 5.73 Å². The maximum Gasteiger partial charge on any atom is 0.0907 e. The third kappa shape index (κ3) is 1.79. The van der Waals surface area contributed by atoms with E-state index in [-0.39, 0.29) is 0 Å². The van der Waals surface area contributed by atoms with E-state index in [0.717, 1.165) is 29.1 Å². The van der Waals surface area contributed by atoms with Gasteiger partial charge in [0.2, 0.25) is 0 Å². The molecule has 0 atom stereocenters. The molecule has 1 fully saturated rings. The number of fused-ring (bicyclic) bond motifs is 1. The van der Waals surface area contributed by atoms with E-state index in [9.17, 15) is 0 Å². The summed E-state index contributed by atoms with van der Waals surface area (Å²) < 4.78 is 1.26. The predicted octanol–water partition coefficient (Wildman–Crippen LogP) is 2.51. The second kappa shape index (κ2) is 3.71. The lowest BCUT2D eigenvalue weighted by Gasteiger charge is -2.33. The number of aromatic nitrogens is 1. The van der Waals surface area contributed by atoms with E-state index in [4.69, 9.17) is 5.73 Å². The number of rotatable bonds is 2. The van der Waals surface area contributed by atoms with Gasteiger partial charge < -0.3 is 11.1 Å². The Kier molecular flexibility index (Phi) is 2.33. The Balaban J connectivity index is 1.82. The molecule has 1 aliphatic rings.